The average molecular weight is 332 g/mol. The zero-order valence-corrected chi connectivity index (χ0v) is 14.9. The molecular weight excluding hydrogens is 308 g/mol. The van der Waals surface area contributed by atoms with Gasteiger partial charge in [0.15, 0.2) is 11.2 Å². The molecule has 3 nitrogen and oxygen atoms in total. The molecule has 1 aromatic carbocycles. The summed E-state index contributed by atoms with van der Waals surface area (Å²) in [5.74, 6) is 1.50. The summed E-state index contributed by atoms with van der Waals surface area (Å²) < 4.78 is 6.25. The van der Waals surface area contributed by atoms with Crippen LogP contribution in [-0.2, 0) is 0 Å². The standard InChI is InChI=1S/C22H24N2O/c1-14-7-8-19-18-9-11-23-13-20(18)25-22(19)21(14)24-12-10-17(15(24)2)16-5-3-4-6-16/h7-13,15-17H,3-6H2,1-2H3/t15-,17?/m0/s1. The third-order valence-corrected chi connectivity index (χ3v) is 6.29. The summed E-state index contributed by atoms with van der Waals surface area (Å²) in [7, 11) is 0. The Bertz CT molecular complexity index is 965. The third-order valence-electron chi connectivity index (χ3n) is 6.29. The number of hydrogen-bond acceptors (Lipinski definition) is 3. The normalized spacial score (nSPS) is 24.2. The van der Waals surface area contributed by atoms with Crippen LogP contribution in [0.2, 0.25) is 0 Å². The summed E-state index contributed by atoms with van der Waals surface area (Å²) >= 11 is 0. The molecule has 1 aliphatic heterocycles. The molecule has 0 N–H and O–H groups in total. The van der Waals surface area contributed by atoms with Gasteiger partial charge >= 0.3 is 0 Å². The van der Waals surface area contributed by atoms with Gasteiger partial charge in [0.25, 0.3) is 0 Å². The number of fused-ring (bicyclic) bond motifs is 3. The van der Waals surface area contributed by atoms with Crippen LogP contribution < -0.4 is 4.90 Å². The van der Waals surface area contributed by atoms with Gasteiger partial charge in [-0.1, -0.05) is 31.1 Å². The second-order valence-corrected chi connectivity index (χ2v) is 7.69. The highest BCUT2D eigenvalue weighted by Gasteiger charge is 2.35. The van der Waals surface area contributed by atoms with E-state index < -0.39 is 0 Å². The fraction of sp³-hybridized carbons (Fsp3) is 0.409. The number of aryl methyl sites for hydroxylation is 1. The van der Waals surface area contributed by atoms with Crippen LogP contribution in [0.15, 0.2) is 47.3 Å². The molecule has 5 rings (SSSR count). The maximum atomic E-state index is 6.25. The fourth-order valence-corrected chi connectivity index (χ4v) is 4.95. The number of benzene rings is 1. The highest BCUT2D eigenvalue weighted by atomic mass is 16.3. The van der Waals surface area contributed by atoms with Crippen LogP contribution in [-0.4, -0.2) is 11.0 Å². The van der Waals surface area contributed by atoms with E-state index in [4.69, 9.17) is 4.42 Å². The Morgan fingerprint density at radius 2 is 1.96 bits per heavy atom. The largest absolute Gasteiger partial charge is 0.452 e. The Morgan fingerprint density at radius 3 is 2.80 bits per heavy atom. The van der Waals surface area contributed by atoms with E-state index in [9.17, 15) is 0 Å². The third kappa shape index (κ3) is 2.21. The number of pyridine rings is 1. The van der Waals surface area contributed by atoms with Crippen LogP contribution in [0.3, 0.4) is 0 Å². The Kier molecular flexibility index (Phi) is 3.37. The summed E-state index contributed by atoms with van der Waals surface area (Å²) in [6.45, 7) is 4.55. The molecule has 0 amide bonds. The lowest BCUT2D eigenvalue weighted by molar-refractivity contribution is 0.370. The summed E-state index contributed by atoms with van der Waals surface area (Å²) in [6.07, 6.45) is 13.9. The molecule has 128 valence electrons. The number of rotatable bonds is 2. The van der Waals surface area contributed by atoms with Crippen molar-refractivity contribution >= 4 is 27.6 Å². The number of nitrogens with zero attached hydrogens (tertiary/aromatic N) is 2. The minimum Gasteiger partial charge on any atom is -0.452 e. The minimum atomic E-state index is 0.485. The van der Waals surface area contributed by atoms with Crippen LogP contribution in [0, 0.1) is 18.8 Å². The van der Waals surface area contributed by atoms with Gasteiger partial charge in [-0.2, -0.15) is 0 Å². The van der Waals surface area contributed by atoms with Gasteiger partial charge in [0.05, 0.1) is 11.9 Å². The van der Waals surface area contributed by atoms with E-state index in [2.05, 4.69) is 48.1 Å². The second-order valence-electron chi connectivity index (χ2n) is 7.69. The smallest absolute Gasteiger partial charge is 0.159 e. The molecule has 2 atom stereocenters. The summed E-state index contributed by atoms with van der Waals surface area (Å²) in [5, 5.41) is 2.33. The Morgan fingerprint density at radius 1 is 1.12 bits per heavy atom. The van der Waals surface area contributed by atoms with Gasteiger partial charge in [0.1, 0.15) is 0 Å². The number of hydrogen-bond donors (Lipinski definition) is 0. The summed E-state index contributed by atoms with van der Waals surface area (Å²) in [6, 6.07) is 6.93. The first kappa shape index (κ1) is 15.0. The van der Waals surface area contributed by atoms with E-state index in [1.807, 2.05) is 18.5 Å². The van der Waals surface area contributed by atoms with Crippen molar-refractivity contribution in [1.29, 1.82) is 0 Å². The van der Waals surface area contributed by atoms with Gasteiger partial charge in [-0.05, 0) is 44.2 Å². The molecule has 2 aromatic heterocycles. The van der Waals surface area contributed by atoms with Gasteiger partial charge in [-0.25, -0.2) is 0 Å². The number of anilines is 1. The predicted octanol–water partition coefficient (Wildman–Crippen LogP) is 5.82. The van der Waals surface area contributed by atoms with Gasteiger partial charge in [0, 0.05) is 35.1 Å². The van der Waals surface area contributed by atoms with E-state index in [0.29, 0.717) is 12.0 Å². The first-order chi connectivity index (χ1) is 12.2. The molecule has 3 heteroatoms. The molecule has 1 unspecified atom stereocenters. The van der Waals surface area contributed by atoms with Crippen LogP contribution >= 0.6 is 0 Å². The van der Waals surface area contributed by atoms with E-state index in [1.54, 1.807) is 0 Å². The topological polar surface area (TPSA) is 29.3 Å². The van der Waals surface area contributed by atoms with E-state index >= 15 is 0 Å². The van der Waals surface area contributed by atoms with Crippen molar-refractivity contribution in [3.05, 3.63) is 48.4 Å². The molecule has 1 saturated carbocycles. The fourth-order valence-electron chi connectivity index (χ4n) is 4.95. The van der Waals surface area contributed by atoms with Crippen LogP contribution in [0.1, 0.15) is 38.2 Å². The van der Waals surface area contributed by atoms with Crippen LogP contribution in [0.25, 0.3) is 21.9 Å². The van der Waals surface area contributed by atoms with Gasteiger partial charge in [0.2, 0.25) is 0 Å². The molecule has 2 aliphatic rings. The first-order valence-corrected chi connectivity index (χ1v) is 9.46. The predicted molar refractivity (Wildman–Crippen MR) is 103 cm³/mol. The molecule has 0 bridgehead atoms. The van der Waals surface area contributed by atoms with Crippen LogP contribution in [0.5, 0.6) is 0 Å². The summed E-state index contributed by atoms with van der Waals surface area (Å²) in [4.78, 5) is 6.66. The Hall–Kier alpha value is -2.29. The molecule has 3 heterocycles. The average Bonchev–Trinajstić information content (AvgIpc) is 3.33. The van der Waals surface area contributed by atoms with E-state index in [1.165, 1.54) is 42.3 Å². The maximum absolute atomic E-state index is 6.25. The zero-order chi connectivity index (χ0) is 17.0. The first-order valence-electron chi connectivity index (χ1n) is 9.46. The van der Waals surface area contributed by atoms with Crippen molar-refractivity contribution in [2.45, 2.75) is 45.6 Å². The van der Waals surface area contributed by atoms with E-state index in [-0.39, 0.29) is 0 Å². The van der Waals surface area contributed by atoms with Gasteiger partial charge < -0.3 is 9.32 Å². The van der Waals surface area contributed by atoms with Crippen molar-refractivity contribution in [1.82, 2.24) is 4.98 Å². The van der Waals surface area contributed by atoms with E-state index in [0.717, 1.165) is 22.5 Å². The molecule has 0 radical (unpaired) electrons. The van der Waals surface area contributed by atoms with Crippen molar-refractivity contribution in [2.75, 3.05) is 4.90 Å². The Balaban J connectivity index is 1.63. The minimum absolute atomic E-state index is 0.485. The van der Waals surface area contributed by atoms with Crippen molar-refractivity contribution in [3.8, 4) is 0 Å². The Labute approximate surface area is 148 Å². The highest BCUT2D eigenvalue weighted by Crippen LogP contribution is 2.43. The molecule has 0 saturated heterocycles. The lowest BCUT2D eigenvalue weighted by Crippen LogP contribution is -2.32. The molecular formula is C22H24N2O. The van der Waals surface area contributed by atoms with Crippen LogP contribution in [0.4, 0.5) is 5.69 Å². The second kappa shape index (κ2) is 5.62. The molecule has 1 aliphatic carbocycles. The monoisotopic (exact) mass is 332 g/mol. The molecule has 0 spiro atoms. The summed E-state index contributed by atoms with van der Waals surface area (Å²) in [5.41, 5.74) is 4.35. The lowest BCUT2D eigenvalue weighted by Gasteiger charge is -2.30. The molecule has 1 fully saturated rings. The zero-order valence-electron chi connectivity index (χ0n) is 14.9. The molecule has 25 heavy (non-hydrogen) atoms. The number of furan rings is 1. The highest BCUT2D eigenvalue weighted by molar-refractivity contribution is 6.09. The maximum Gasteiger partial charge on any atom is 0.159 e. The quantitative estimate of drug-likeness (QED) is 0.592. The van der Waals surface area contributed by atoms with Crippen molar-refractivity contribution in [3.63, 3.8) is 0 Å². The lowest BCUT2D eigenvalue weighted by atomic mass is 9.86. The van der Waals surface area contributed by atoms with Crippen molar-refractivity contribution in [2.24, 2.45) is 11.8 Å². The van der Waals surface area contributed by atoms with Gasteiger partial charge in [-0.15, -0.1) is 0 Å². The number of aromatic nitrogens is 1. The SMILES string of the molecule is Cc1ccc2c(oc3cnccc32)c1N1C=CC(C2CCCC2)[C@@H]1C. The molecule has 3 aromatic rings. The van der Waals surface area contributed by atoms with Gasteiger partial charge in [-0.3, -0.25) is 4.98 Å². The van der Waals surface area contributed by atoms with Crippen molar-refractivity contribution < 1.29 is 4.42 Å².